The summed E-state index contributed by atoms with van der Waals surface area (Å²) in [5, 5.41) is 9.71. The summed E-state index contributed by atoms with van der Waals surface area (Å²) >= 11 is 0. The zero-order valence-corrected chi connectivity index (χ0v) is 11.1. The van der Waals surface area contributed by atoms with Crippen LogP contribution in [0.2, 0.25) is 0 Å². The molecule has 1 aromatic heterocycles. The maximum Gasteiger partial charge on any atom is 0.408 e. The molecule has 0 radical (unpaired) electrons. The average Bonchev–Trinajstić information content (AvgIpc) is 2.88. The third-order valence-electron chi connectivity index (χ3n) is 3.50. The molecule has 2 N–H and O–H groups in total. The van der Waals surface area contributed by atoms with Gasteiger partial charge in [-0.05, 0) is 18.9 Å². The molecule has 20 heavy (non-hydrogen) atoms. The molecule has 2 unspecified atom stereocenters. The number of rotatable bonds is 3. The first-order valence-electron chi connectivity index (χ1n) is 6.43. The molecule has 2 rings (SSSR count). The van der Waals surface area contributed by atoms with Gasteiger partial charge in [-0.15, -0.1) is 0 Å². The van der Waals surface area contributed by atoms with E-state index in [2.05, 4.69) is 15.5 Å². The molecule has 1 aliphatic heterocycles. The molecule has 112 valence electrons. The first-order chi connectivity index (χ1) is 9.38. The molecule has 1 aliphatic rings. The Kier molecular flexibility index (Phi) is 4.32. The number of halogens is 3. The molecule has 0 bridgehead atoms. The van der Waals surface area contributed by atoms with Gasteiger partial charge in [0.15, 0.2) is 0 Å². The summed E-state index contributed by atoms with van der Waals surface area (Å²) in [6.45, 7) is 1.75. The fraction of sp³-hybridized carbons (Fsp3) is 0.667. The Bertz CT molecular complexity index is 446. The Hall–Kier alpha value is -1.57. The predicted octanol–water partition coefficient (Wildman–Crippen LogP) is 1.44. The molecule has 1 amide bonds. The van der Waals surface area contributed by atoms with Gasteiger partial charge in [-0.25, -0.2) is 0 Å². The van der Waals surface area contributed by atoms with Crippen LogP contribution < -0.4 is 5.32 Å². The van der Waals surface area contributed by atoms with Crippen LogP contribution in [0.15, 0.2) is 12.3 Å². The van der Waals surface area contributed by atoms with Crippen molar-refractivity contribution in [2.75, 3.05) is 6.54 Å². The van der Waals surface area contributed by atoms with Gasteiger partial charge in [0.1, 0.15) is 6.04 Å². The van der Waals surface area contributed by atoms with Crippen molar-refractivity contribution >= 4 is 5.91 Å². The van der Waals surface area contributed by atoms with Crippen molar-refractivity contribution in [3.05, 3.63) is 18.0 Å². The molecular weight excluding hydrogens is 273 g/mol. The summed E-state index contributed by atoms with van der Waals surface area (Å²) in [5.74, 6) is -0.541. The van der Waals surface area contributed by atoms with Gasteiger partial charge in [-0.2, -0.15) is 18.3 Å². The number of amides is 1. The zero-order chi connectivity index (χ0) is 14.8. The molecule has 0 spiro atoms. The van der Waals surface area contributed by atoms with Gasteiger partial charge in [0.2, 0.25) is 5.91 Å². The Morgan fingerprint density at radius 1 is 1.55 bits per heavy atom. The van der Waals surface area contributed by atoms with Gasteiger partial charge in [-0.1, -0.05) is 0 Å². The van der Waals surface area contributed by atoms with E-state index in [0.29, 0.717) is 13.0 Å². The lowest BCUT2D eigenvalue weighted by Gasteiger charge is -2.40. The van der Waals surface area contributed by atoms with Crippen LogP contribution in [0.25, 0.3) is 0 Å². The number of carbonyl (C=O) groups is 1. The van der Waals surface area contributed by atoms with Crippen LogP contribution in [0.5, 0.6) is 0 Å². The zero-order valence-electron chi connectivity index (χ0n) is 11.1. The summed E-state index contributed by atoms with van der Waals surface area (Å²) in [6, 6.07) is -0.0112. The van der Waals surface area contributed by atoms with Gasteiger partial charge < -0.3 is 10.2 Å². The maximum atomic E-state index is 12.9. The van der Waals surface area contributed by atoms with Crippen LogP contribution in [0.3, 0.4) is 0 Å². The first-order valence-corrected chi connectivity index (χ1v) is 6.43. The minimum Gasteiger partial charge on any atom is -0.329 e. The number of nitrogens with zero attached hydrogens (tertiary/aromatic N) is 2. The van der Waals surface area contributed by atoms with Crippen molar-refractivity contribution in [2.24, 2.45) is 0 Å². The third-order valence-corrected chi connectivity index (χ3v) is 3.50. The summed E-state index contributed by atoms with van der Waals surface area (Å²) in [7, 11) is 0. The highest BCUT2D eigenvalue weighted by Gasteiger charge is 2.47. The summed E-state index contributed by atoms with van der Waals surface area (Å²) < 4.78 is 38.6. The standard InChI is InChI=1S/C12H17F3N4O/c1-8(20)19-7-10(2-3-11(19)12(13,14)15)16-6-9-4-5-17-18-9/h4-5,10-11,16H,2-3,6-7H2,1H3,(H,17,18). The van der Waals surface area contributed by atoms with Crippen LogP contribution >= 0.6 is 0 Å². The van der Waals surface area contributed by atoms with Crippen molar-refractivity contribution in [1.29, 1.82) is 0 Å². The van der Waals surface area contributed by atoms with Crippen LogP contribution in [-0.2, 0) is 11.3 Å². The molecule has 1 aromatic rings. The molecule has 8 heteroatoms. The lowest BCUT2D eigenvalue weighted by molar-refractivity contribution is -0.196. The van der Waals surface area contributed by atoms with E-state index >= 15 is 0 Å². The predicted molar refractivity (Wildman–Crippen MR) is 65.7 cm³/mol. The van der Waals surface area contributed by atoms with Crippen LogP contribution in [-0.4, -0.2) is 45.8 Å². The number of piperidine rings is 1. The van der Waals surface area contributed by atoms with Crippen LogP contribution in [0.1, 0.15) is 25.5 Å². The van der Waals surface area contributed by atoms with E-state index in [-0.39, 0.29) is 19.0 Å². The number of carbonyl (C=O) groups excluding carboxylic acids is 1. The normalized spacial score (nSPS) is 23.9. The van der Waals surface area contributed by atoms with E-state index in [0.717, 1.165) is 10.6 Å². The van der Waals surface area contributed by atoms with E-state index in [9.17, 15) is 18.0 Å². The van der Waals surface area contributed by atoms with Crippen molar-refractivity contribution in [3.8, 4) is 0 Å². The number of H-pyrrole nitrogens is 1. The Labute approximate surface area is 114 Å². The monoisotopic (exact) mass is 290 g/mol. The molecule has 5 nitrogen and oxygen atoms in total. The lowest BCUT2D eigenvalue weighted by Crippen LogP contribution is -2.57. The van der Waals surface area contributed by atoms with Gasteiger partial charge in [0.25, 0.3) is 0 Å². The lowest BCUT2D eigenvalue weighted by atomic mass is 9.97. The minimum atomic E-state index is -4.36. The van der Waals surface area contributed by atoms with E-state index in [4.69, 9.17) is 0 Å². The highest BCUT2D eigenvalue weighted by molar-refractivity contribution is 5.73. The summed E-state index contributed by atoms with van der Waals surface area (Å²) in [5.41, 5.74) is 0.859. The number of aromatic nitrogens is 2. The molecule has 2 atom stereocenters. The molecule has 2 heterocycles. The molecule has 0 aliphatic carbocycles. The number of hydrogen-bond donors (Lipinski definition) is 2. The van der Waals surface area contributed by atoms with E-state index in [1.807, 2.05) is 0 Å². The number of aromatic amines is 1. The second-order valence-corrected chi connectivity index (χ2v) is 4.97. The maximum absolute atomic E-state index is 12.9. The number of likely N-dealkylation sites (tertiary alicyclic amines) is 1. The van der Waals surface area contributed by atoms with Gasteiger partial charge in [-0.3, -0.25) is 9.89 Å². The van der Waals surface area contributed by atoms with Gasteiger partial charge in [0.05, 0.1) is 0 Å². The first kappa shape index (κ1) is 14.8. The highest BCUT2D eigenvalue weighted by atomic mass is 19.4. The largest absolute Gasteiger partial charge is 0.408 e. The Morgan fingerprint density at radius 2 is 2.30 bits per heavy atom. The molecule has 0 saturated carbocycles. The van der Waals surface area contributed by atoms with E-state index in [1.54, 1.807) is 12.3 Å². The second kappa shape index (κ2) is 5.82. The molecule has 1 saturated heterocycles. The number of hydrogen-bond acceptors (Lipinski definition) is 3. The fourth-order valence-electron chi connectivity index (χ4n) is 2.46. The smallest absolute Gasteiger partial charge is 0.329 e. The number of alkyl halides is 3. The topological polar surface area (TPSA) is 61.0 Å². The van der Waals surface area contributed by atoms with Gasteiger partial charge >= 0.3 is 6.18 Å². The summed E-state index contributed by atoms with van der Waals surface area (Å²) in [4.78, 5) is 12.3. The summed E-state index contributed by atoms with van der Waals surface area (Å²) in [6.07, 6.45) is -2.43. The molecular formula is C12H17F3N4O. The minimum absolute atomic E-state index is 0.0658. The SMILES string of the molecule is CC(=O)N1CC(NCc2ccn[nH]2)CCC1C(F)(F)F. The van der Waals surface area contributed by atoms with Crippen molar-refractivity contribution in [3.63, 3.8) is 0 Å². The average molecular weight is 290 g/mol. The van der Waals surface area contributed by atoms with Crippen LogP contribution in [0.4, 0.5) is 13.2 Å². The fourth-order valence-corrected chi connectivity index (χ4v) is 2.46. The van der Waals surface area contributed by atoms with E-state index in [1.165, 1.54) is 6.92 Å². The highest BCUT2D eigenvalue weighted by Crippen LogP contribution is 2.32. The second-order valence-electron chi connectivity index (χ2n) is 4.97. The third kappa shape index (κ3) is 3.50. The number of nitrogens with one attached hydrogen (secondary N) is 2. The quantitative estimate of drug-likeness (QED) is 0.885. The molecule has 1 fully saturated rings. The van der Waals surface area contributed by atoms with Gasteiger partial charge in [0, 0.05) is 37.9 Å². The Morgan fingerprint density at radius 3 is 2.85 bits per heavy atom. The Balaban J connectivity index is 1.94. The van der Waals surface area contributed by atoms with Crippen molar-refractivity contribution < 1.29 is 18.0 Å². The van der Waals surface area contributed by atoms with Crippen molar-refractivity contribution in [1.82, 2.24) is 20.4 Å². The van der Waals surface area contributed by atoms with Crippen LogP contribution in [0, 0.1) is 0 Å². The molecule has 0 aromatic carbocycles. The van der Waals surface area contributed by atoms with E-state index < -0.39 is 18.1 Å². The van der Waals surface area contributed by atoms with Crippen molar-refractivity contribution in [2.45, 2.75) is 44.6 Å².